The average molecular weight is 249 g/mol. The second-order valence-corrected chi connectivity index (χ2v) is 3.92. The lowest BCUT2D eigenvalue weighted by Crippen LogP contribution is -2.33. The summed E-state index contributed by atoms with van der Waals surface area (Å²) in [5.41, 5.74) is 7.13. The molecule has 1 rings (SSSR count). The predicted molar refractivity (Wildman–Crippen MR) is 71.1 cm³/mol. The van der Waals surface area contributed by atoms with E-state index in [0.717, 1.165) is 17.7 Å². The molecule has 98 valence electrons. The molecule has 0 saturated heterocycles. The maximum absolute atomic E-state index is 11.6. The van der Waals surface area contributed by atoms with Crippen LogP contribution in [0.5, 0.6) is 0 Å². The number of hydrogen-bond donors (Lipinski definition) is 3. The zero-order valence-corrected chi connectivity index (χ0v) is 10.5. The van der Waals surface area contributed by atoms with Crippen LogP contribution in [-0.4, -0.2) is 24.9 Å². The topological polar surface area (TPSA) is 84.2 Å². The molecule has 0 spiro atoms. The summed E-state index contributed by atoms with van der Waals surface area (Å²) in [6.45, 7) is 2.30. The summed E-state index contributed by atoms with van der Waals surface area (Å²) in [6, 6.07) is 7.62. The van der Waals surface area contributed by atoms with Crippen molar-refractivity contribution in [1.82, 2.24) is 5.32 Å². The Morgan fingerprint density at radius 1 is 1.28 bits per heavy atom. The van der Waals surface area contributed by atoms with Gasteiger partial charge >= 0.3 is 0 Å². The molecule has 0 aliphatic rings. The number of benzene rings is 1. The predicted octanol–water partition coefficient (Wildman–Crippen LogP) is 0.653. The van der Waals surface area contributed by atoms with E-state index in [0.29, 0.717) is 0 Å². The first-order valence-corrected chi connectivity index (χ1v) is 6.01. The van der Waals surface area contributed by atoms with Gasteiger partial charge < -0.3 is 16.4 Å². The largest absolute Gasteiger partial charge is 0.347 e. The molecule has 4 N–H and O–H groups in total. The molecule has 18 heavy (non-hydrogen) atoms. The lowest BCUT2D eigenvalue weighted by Gasteiger charge is -2.07. The number of nitrogens with two attached hydrogens (primary N) is 1. The Labute approximate surface area is 107 Å². The summed E-state index contributed by atoms with van der Waals surface area (Å²) in [5.74, 6) is -0.455. The molecule has 0 saturated carbocycles. The van der Waals surface area contributed by atoms with Crippen molar-refractivity contribution in [3.05, 3.63) is 29.8 Å². The number of amides is 2. The van der Waals surface area contributed by atoms with E-state index in [4.69, 9.17) is 5.73 Å². The monoisotopic (exact) mass is 249 g/mol. The Bertz CT molecular complexity index is 418. The van der Waals surface area contributed by atoms with Gasteiger partial charge in [-0.1, -0.05) is 19.1 Å². The molecule has 0 aliphatic heterocycles. The van der Waals surface area contributed by atoms with Gasteiger partial charge in [0.2, 0.25) is 11.8 Å². The number of carbonyl (C=O) groups excluding carboxylic acids is 2. The summed E-state index contributed by atoms with van der Waals surface area (Å²) < 4.78 is 0. The highest BCUT2D eigenvalue weighted by Crippen LogP contribution is 2.10. The Hall–Kier alpha value is -1.88. The highest BCUT2D eigenvalue weighted by molar-refractivity contribution is 5.94. The molecule has 5 nitrogen and oxygen atoms in total. The SMILES string of the molecule is CCc1cccc(NC(=O)CNC(=O)CCN)c1. The molecule has 1 aromatic rings. The zero-order valence-electron chi connectivity index (χ0n) is 10.5. The van der Waals surface area contributed by atoms with Crippen LogP contribution in [0.4, 0.5) is 5.69 Å². The zero-order chi connectivity index (χ0) is 13.4. The molecular formula is C13H19N3O2. The molecule has 0 unspecified atom stereocenters. The molecule has 0 radical (unpaired) electrons. The molecule has 5 heteroatoms. The first kappa shape index (κ1) is 14.2. The normalized spacial score (nSPS) is 9.89. The van der Waals surface area contributed by atoms with E-state index in [9.17, 15) is 9.59 Å². The maximum atomic E-state index is 11.6. The van der Waals surface area contributed by atoms with Crippen LogP contribution < -0.4 is 16.4 Å². The second kappa shape index (κ2) is 7.45. The van der Waals surface area contributed by atoms with Crippen molar-refractivity contribution >= 4 is 17.5 Å². The summed E-state index contributed by atoms with van der Waals surface area (Å²) in [6.07, 6.45) is 1.15. The molecule has 0 aromatic heterocycles. The smallest absolute Gasteiger partial charge is 0.243 e. The van der Waals surface area contributed by atoms with E-state index in [2.05, 4.69) is 10.6 Å². The lowest BCUT2D eigenvalue weighted by atomic mass is 10.1. The summed E-state index contributed by atoms with van der Waals surface area (Å²) in [4.78, 5) is 22.7. The second-order valence-electron chi connectivity index (χ2n) is 3.92. The first-order chi connectivity index (χ1) is 8.65. The number of nitrogens with one attached hydrogen (secondary N) is 2. The molecule has 0 bridgehead atoms. The maximum Gasteiger partial charge on any atom is 0.243 e. The minimum absolute atomic E-state index is 0.0326. The van der Waals surface area contributed by atoms with Gasteiger partial charge in [0.25, 0.3) is 0 Å². The van der Waals surface area contributed by atoms with Gasteiger partial charge in [0.1, 0.15) is 0 Å². The number of anilines is 1. The van der Waals surface area contributed by atoms with Gasteiger partial charge in [0.05, 0.1) is 6.54 Å². The van der Waals surface area contributed by atoms with Gasteiger partial charge in [0, 0.05) is 18.7 Å². The Balaban J connectivity index is 2.42. The molecule has 0 fully saturated rings. The van der Waals surface area contributed by atoms with Crippen LogP contribution in [0.25, 0.3) is 0 Å². The third-order valence-electron chi connectivity index (χ3n) is 2.44. The van der Waals surface area contributed by atoms with Crippen LogP contribution in [0.15, 0.2) is 24.3 Å². The third kappa shape index (κ3) is 4.97. The summed E-state index contributed by atoms with van der Waals surface area (Å²) in [7, 11) is 0. The minimum Gasteiger partial charge on any atom is -0.347 e. The third-order valence-corrected chi connectivity index (χ3v) is 2.44. The highest BCUT2D eigenvalue weighted by atomic mass is 16.2. The van der Waals surface area contributed by atoms with Crippen LogP contribution >= 0.6 is 0 Å². The highest BCUT2D eigenvalue weighted by Gasteiger charge is 2.05. The Morgan fingerprint density at radius 2 is 2.06 bits per heavy atom. The van der Waals surface area contributed by atoms with Gasteiger partial charge in [-0.2, -0.15) is 0 Å². The van der Waals surface area contributed by atoms with E-state index in [1.165, 1.54) is 0 Å². The van der Waals surface area contributed by atoms with Gasteiger partial charge in [-0.15, -0.1) is 0 Å². The van der Waals surface area contributed by atoms with E-state index < -0.39 is 0 Å². The van der Waals surface area contributed by atoms with Crippen molar-refractivity contribution in [2.24, 2.45) is 5.73 Å². The van der Waals surface area contributed by atoms with Gasteiger partial charge in [0.15, 0.2) is 0 Å². The molecule has 1 aromatic carbocycles. The van der Waals surface area contributed by atoms with Crippen LogP contribution in [0.1, 0.15) is 18.9 Å². The Kier molecular flexibility index (Phi) is 5.87. The van der Waals surface area contributed by atoms with Crippen LogP contribution in [0.3, 0.4) is 0 Å². The number of carbonyl (C=O) groups is 2. The summed E-state index contributed by atoms with van der Waals surface area (Å²) in [5, 5.41) is 5.23. The standard InChI is InChI=1S/C13H19N3O2/c1-2-10-4-3-5-11(8-10)16-13(18)9-15-12(17)6-7-14/h3-5,8H,2,6-7,9,14H2,1H3,(H,15,17)(H,16,18). The molecule has 0 atom stereocenters. The van der Waals surface area contributed by atoms with E-state index >= 15 is 0 Å². The van der Waals surface area contributed by atoms with Crippen LogP contribution in [0, 0.1) is 0 Å². The van der Waals surface area contributed by atoms with E-state index in [-0.39, 0.29) is 31.3 Å². The fourth-order valence-electron chi connectivity index (χ4n) is 1.47. The van der Waals surface area contributed by atoms with Crippen LogP contribution in [-0.2, 0) is 16.0 Å². The van der Waals surface area contributed by atoms with E-state index in [1.54, 1.807) is 0 Å². The van der Waals surface area contributed by atoms with Crippen molar-refractivity contribution in [2.75, 3.05) is 18.4 Å². The quantitative estimate of drug-likeness (QED) is 0.692. The van der Waals surface area contributed by atoms with Crippen molar-refractivity contribution < 1.29 is 9.59 Å². The van der Waals surface area contributed by atoms with Crippen molar-refractivity contribution in [2.45, 2.75) is 19.8 Å². The van der Waals surface area contributed by atoms with Gasteiger partial charge in [-0.05, 0) is 24.1 Å². The molecule has 0 aliphatic carbocycles. The van der Waals surface area contributed by atoms with E-state index in [1.807, 2.05) is 31.2 Å². The number of hydrogen-bond acceptors (Lipinski definition) is 3. The average Bonchev–Trinajstić information content (AvgIpc) is 2.37. The van der Waals surface area contributed by atoms with Crippen molar-refractivity contribution in [3.8, 4) is 0 Å². The van der Waals surface area contributed by atoms with Gasteiger partial charge in [-0.25, -0.2) is 0 Å². The van der Waals surface area contributed by atoms with Crippen LogP contribution in [0.2, 0.25) is 0 Å². The fraction of sp³-hybridized carbons (Fsp3) is 0.385. The first-order valence-electron chi connectivity index (χ1n) is 6.01. The van der Waals surface area contributed by atoms with Gasteiger partial charge in [-0.3, -0.25) is 9.59 Å². The fourth-order valence-corrected chi connectivity index (χ4v) is 1.47. The Morgan fingerprint density at radius 3 is 2.72 bits per heavy atom. The molecule has 2 amide bonds. The molecular weight excluding hydrogens is 230 g/mol. The lowest BCUT2D eigenvalue weighted by molar-refractivity contribution is -0.124. The summed E-state index contributed by atoms with van der Waals surface area (Å²) >= 11 is 0. The van der Waals surface area contributed by atoms with Crippen molar-refractivity contribution in [1.29, 1.82) is 0 Å². The minimum atomic E-state index is -0.242. The number of rotatable bonds is 6. The van der Waals surface area contributed by atoms with Crippen molar-refractivity contribution in [3.63, 3.8) is 0 Å². The number of aryl methyl sites for hydroxylation is 1. The molecule has 0 heterocycles.